The molecule has 2 aliphatic rings. The smallest absolute Gasteiger partial charge is 0.277 e. The molecule has 1 aliphatic carbocycles. The topological polar surface area (TPSA) is 85.3 Å². The Morgan fingerprint density at radius 1 is 1.19 bits per heavy atom. The molecule has 1 aliphatic heterocycles. The Hall–Kier alpha value is -2.70. The van der Waals surface area contributed by atoms with E-state index in [1.54, 1.807) is 32.2 Å². The predicted molar refractivity (Wildman–Crippen MR) is 99.3 cm³/mol. The molecule has 0 bridgehead atoms. The Morgan fingerprint density at radius 3 is 2.59 bits per heavy atom. The Balaban J connectivity index is 1.81. The molecular weight excluding hydrogens is 348 g/mol. The molecule has 0 aromatic heterocycles. The van der Waals surface area contributed by atoms with Crippen LogP contribution in [0, 0.1) is 0 Å². The van der Waals surface area contributed by atoms with Crippen LogP contribution in [0.3, 0.4) is 0 Å². The van der Waals surface area contributed by atoms with E-state index in [-0.39, 0.29) is 37.1 Å². The van der Waals surface area contributed by atoms with Crippen molar-refractivity contribution < 1.29 is 23.9 Å². The van der Waals surface area contributed by atoms with Crippen LogP contribution in [0.4, 0.5) is 0 Å². The zero-order valence-electron chi connectivity index (χ0n) is 15.7. The molecule has 0 radical (unpaired) electrons. The monoisotopic (exact) mass is 372 g/mol. The van der Waals surface area contributed by atoms with Gasteiger partial charge in [-0.25, -0.2) is 4.99 Å². The van der Waals surface area contributed by atoms with Crippen molar-refractivity contribution in [3.63, 3.8) is 0 Å². The summed E-state index contributed by atoms with van der Waals surface area (Å²) >= 11 is 0. The molecule has 7 heteroatoms. The molecule has 0 atom stereocenters. The molecule has 1 saturated carbocycles. The van der Waals surface area contributed by atoms with Crippen molar-refractivity contribution in [1.82, 2.24) is 4.90 Å². The molecular formula is C20H24N2O5. The SMILES string of the molecule is CCN1C(=O)CCC(=NC(=O)c2ccc(OC)c(OC3CCCC3)c2)C1=O. The maximum atomic E-state index is 12.6. The van der Waals surface area contributed by atoms with Crippen molar-refractivity contribution in [3.8, 4) is 11.5 Å². The maximum absolute atomic E-state index is 12.6. The third-order valence-electron chi connectivity index (χ3n) is 4.93. The van der Waals surface area contributed by atoms with Gasteiger partial charge >= 0.3 is 0 Å². The predicted octanol–water partition coefficient (Wildman–Crippen LogP) is 2.77. The molecule has 0 spiro atoms. The summed E-state index contributed by atoms with van der Waals surface area (Å²) in [5.41, 5.74) is 0.444. The molecule has 27 heavy (non-hydrogen) atoms. The van der Waals surface area contributed by atoms with Gasteiger partial charge in [-0.1, -0.05) is 0 Å². The first-order valence-corrected chi connectivity index (χ1v) is 9.34. The van der Waals surface area contributed by atoms with Crippen molar-refractivity contribution in [1.29, 1.82) is 0 Å². The fourth-order valence-electron chi connectivity index (χ4n) is 3.43. The van der Waals surface area contributed by atoms with Crippen molar-refractivity contribution in [2.75, 3.05) is 13.7 Å². The van der Waals surface area contributed by atoms with Gasteiger partial charge in [0, 0.05) is 24.9 Å². The zero-order valence-corrected chi connectivity index (χ0v) is 15.7. The Bertz CT molecular complexity index is 781. The number of piperidine rings is 1. The minimum Gasteiger partial charge on any atom is -0.493 e. The molecule has 2 fully saturated rings. The number of carbonyl (C=O) groups excluding carboxylic acids is 3. The molecule has 1 aromatic carbocycles. The van der Waals surface area contributed by atoms with Gasteiger partial charge < -0.3 is 9.47 Å². The van der Waals surface area contributed by atoms with Gasteiger partial charge in [-0.05, 0) is 50.8 Å². The third-order valence-corrected chi connectivity index (χ3v) is 4.93. The van der Waals surface area contributed by atoms with Gasteiger partial charge in [-0.2, -0.15) is 0 Å². The fraction of sp³-hybridized carbons (Fsp3) is 0.500. The van der Waals surface area contributed by atoms with Crippen molar-refractivity contribution in [3.05, 3.63) is 23.8 Å². The summed E-state index contributed by atoms with van der Waals surface area (Å²) in [7, 11) is 1.55. The van der Waals surface area contributed by atoms with E-state index in [0.717, 1.165) is 30.6 Å². The Kier molecular flexibility index (Phi) is 5.88. The molecule has 7 nitrogen and oxygen atoms in total. The van der Waals surface area contributed by atoms with E-state index in [2.05, 4.69) is 4.99 Å². The fourth-order valence-corrected chi connectivity index (χ4v) is 3.43. The zero-order chi connectivity index (χ0) is 19.4. The van der Waals surface area contributed by atoms with Crippen LogP contribution in [0.15, 0.2) is 23.2 Å². The van der Waals surface area contributed by atoms with Crippen LogP contribution in [-0.4, -0.2) is 48.1 Å². The van der Waals surface area contributed by atoms with E-state index in [9.17, 15) is 14.4 Å². The van der Waals surface area contributed by atoms with E-state index in [0.29, 0.717) is 17.1 Å². The highest BCUT2D eigenvalue weighted by molar-refractivity contribution is 6.44. The number of hydrogen-bond donors (Lipinski definition) is 0. The van der Waals surface area contributed by atoms with Gasteiger partial charge in [-0.15, -0.1) is 0 Å². The van der Waals surface area contributed by atoms with Crippen LogP contribution in [0.1, 0.15) is 55.8 Å². The highest BCUT2D eigenvalue weighted by Crippen LogP contribution is 2.32. The second kappa shape index (κ2) is 8.33. The lowest BCUT2D eigenvalue weighted by Gasteiger charge is -2.24. The van der Waals surface area contributed by atoms with E-state index < -0.39 is 11.8 Å². The molecule has 144 valence electrons. The molecule has 1 aromatic rings. The van der Waals surface area contributed by atoms with Crippen LogP contribution in [-0.2, 0) is 9.59 Å². The van der Waals surface area contributed by atoms with Crippen molar-refractivity contribution in [2.24, 2.45) is 4.99 Å². The first kappa shape index (κ1) is 19.1. The number of rotatable bonds is 5. The van der Waals surface area contributed by atoms with Crippen molar-refractivity contribution in [2.45, 2.75) is 51.6 Å². The average Bonchev–Trinajstić information content (AvgIpc) is 3.17. The number of likely N-dealkylation sites (tertiary alicyclic amines) is 1. The normalized spacial score (nSPS) is 19.6. The Morgan fingerprint density at radius 2 is 1.93 bits per heavy atom. The van der Waals surface area contributed by atoms with Crippen LogP contribution in [0.25, 0.3) is 0 Å². The van der Waals surface area contributed by atoms with Gasteiger partial charge in [0.25, 0.3) is 11.8 Å². The Labute approximate surface area is 158 Å². The van der Waals surface area contributed by atoms with E-state index >= 15 is 0 Å². The standard InChI is InChI=1S/C20H24N2O5/c1-3-22-18(23)11-9-15(20(22)25)21-19(24)13-8-10-16(26-2)17(12-13)27-14-6-4-5-7-14/h8,10,12,14H,3-7,9,11H2,1-2H3. The van der Waals surface area contributed by atoms with Crippen LogP contribution < -0.4 is 9.47 Å². The number of amides is 3. The van der Waals surface area contributed by atoms with E-state index in [1.807, 2.05) is 0 Å². The van der Waals surface area contributed by atoms with E-state index in [4.69, 9.17) is 9.47 Å². The van der Waals surface area contributed by atoms with E-state index in [1.165, 1.54) is 0 Å². The first-order chi connectivity index (χ1) is 13.0. The number of nitrogens with zero attached hydrogens (tertiary/aromatic N) is 2. The van der Waals surface area contributed by atoms with Crippen LogP contribution in [0.2, 0.25) is 0 Å². The number of ether oxygens (including phenoxy) is 2. The molecule has 3 amide bonds. The minimum absolute atomic E-state index is 0.121. The summed E-state index contributed by atoms with van der Waals surface area (Å²) in [5, 5.41) is 0. The lowest BCUT2D eigenvalue weighted by atomic mass is 10.1. The quantitative estimate of drug-likeness (QED) is 0.742. The lowest BCUT2D eigenvalue weighted by molar-refractivity contribution is -0.142. The summed E-state index contributed by atoms with van der Waals surface area (Å²) < 4.78 is 11.3. The number of hydrogen-bond acceptors (Lipinski definition) is 5. The molecule has 0 unspecified atom stereocenters. The number of carbonyl (C=O) groups is 3. The number of methoxy groups -OCH3 is 1. The van der Waals surface area contributed by atoms with Crippen LogP contribution in [0.5, 0.6) is 11.5 Å². The summed E-state index contributed by atoms with van der Waals surface area (Å²) in [4.78, 5) is 41.8. The summed E-state index contributed by atoms with van der Waals surface area (Å²) in [6.45, 7) is 1.99. The summed E-state index contributed by atoms with van der Waals surface area (Å²) in [5.74, 6) is -0.176. The number of imide groups is 1. The maximum Gasteiger partial charge on any atom is 0.277 e. The highest BCUT2D eigenvalue weighted by Gasteiger charge is 2.30. The minimum atomic E-state index is -0.525. The van der Waals surface area contributed by atoms with Gasteiger partial charge in [0.1, 0.15) is 5.71 Å². The van der Waals surface area contributed by atoms with Crippen molar-refractivity contribution >= 4 is 23.4 Å². The highest BCUT2D eigenvalue weighted by atomic mass is 16.5. The largest absolute Gasteiger partial charge is 0.493 e. The average molecular weight is 372 g/mol. The summed E-state index contributed by atoms with van der Waals surface area (Å²) in [6.07, 6.45) is 4.73. The van der Waals surface area contributed by atoms with Gasteiger partial charge in [-0.3, -0.25) is 19.3 Å². The molecule has 1 heterocycles. The second-order valence-electron chi connectivity index (χ2n) is 6.70. The number of aliphatic imine (C=N–C) groups is 1. The van der Waals surface area contributed by atoms with Crippen LogP contribution >= 0.6 is 0 Å². The summed E-state index contributed by atoms with van der Waals surface area (Å²) in [6, 6.07) is 4.88. The van der Waals surface area contributed by atoms with Gasteiger partial charge in [0.15, 0.2) is 11.5 Å². The van der Waals surface area contributed by atoms with Gasteiger partial charge in [0.2, 0.25) is 5.91 Å². The molecule has 1 saturated heterocycles. The first-order valence-electron chi connectivity index (χ1n) is 9.34. The van der Waals surface area contributed by atoms with Gasteiger partial charge in [0.05, 0.1) is 13.2 Å². The third kappa shape index (κ3) is 4.18. The molecule has 0 N–H and O–H groups in total. The second-order valence-corrected chi connectivity index (χ2v) is 6.70. The lowest BCUT2D eigenvalue weighted by Crippen LogP contribution is -2.45. The number of benzene rings is 1. The molecule has 3 rings (SSSR count).